The smallest absolute Gasteiger partial charge is 0.124 e. The number of rotatable bonds is 5. The van der Waals surface area contributed by atoms with Crippen LogP contribution in [0.25, 0.3) is 0 Å². The summed E-state index contributed by atoms with van der Waals surface area (Å²) in [5.41, 5.74) is 5.55. The lowest BCUT2D eigenvalue weighted by Gasteiger charge is -2.44. The average Bonchev–Trinajstić information content (AvgIpc) is 3.21. The number of ether oxygens (including phenoxy) is 1. The van der Waals surface area contributed by atoms with E-state index in [4.69, 9.17) is 4.74 Å². The minimum absolute atomic E-state index is 0.265. The van der Waals surface area contributed by atoms with Crippen molar-refractivity contribution in [2.24, 2.45) is 0 Å². The number of benzene rings is 3. The Kier molecular flexibility index (Phi) is 4.96. The van der Waals surface area contributed by atoms with E-state index in [2.05, 4.69) is 93.6 Å². The fourth-order valence-corrected chi connectivity index (χ4v) is 5.13. The van der Waals surface area contributed by atoms with Gasteiger partial charge in [0, 0.05) is 17.6 Å². The molecule has 1 aliphatic carbocycles. The SMILES string of the molecule is Brc1ccc(OC2CN(C(c3ccccc3)c3ccccc3)C2)c2c1CCC2. The molecule has 1 saturated heterocycles. The molecule has 0 aromatic heterocycles. The number of hydrogen-bond acceptors (Lipinski definition) is 2. The van der Waals surface area contributed by atoms with Crippen molar-refractivity contribution in [3.05, 3.63) is 99.5 Å². The van der Waals surface area contributed by atoms with Crippen molar-refractivity contribution in [3.8, 4) is 5.75 Å². The summed E-state index contributed by atoms with van der Waals surface area (Å²) in [4.78, 5) is 2.52. The van der Waals surface area contributed by atoms with Crippen LogP contribution in [0.2, 0.25) is 0 Å². The van der Waals surface area contributed by atoms with Crippen LogP contribution >= 0.6 is 15.9 Å². The molecule has 1 aliphatic heterocycles. The van der Waals surface area contributed by atoms with Crippen LogP contribution in [0.3, 0.4) is 0 Å². The van der Waals surface area contributed by atoms with E-state index in [0.29, 0.717) is 0 Å². The molecule has 2 nitrogen and oxygen atoms in total. The van der Waals surface area contributed by atoms with Gasteiger partial charge in [0.15, 0.2) is 0 Å². The van der Waals surface area contributed by atoms with Crippen molar-refractivity contribution in [2.45, 2.75) is 31.4 Å². The van der Waals surface area contributed by atoms with Gasteiger partial charge in [-0.05, 0) is 53.6 Å². The van der Waals surface area contributed by atoms with Crippen LogP contribution in [-0.2, 0) is 12.8 Å². The van der Waals surface area contributed by atoms with Gasteiger partial charge in [-0.3, -0.25) is 4.90 Å². The van der Waals surface area contributed by atoms with E-state index < -0.39 is 0 Å². The molecule has 0 saturated carbocycles. The maximum atomic E-state index is 6.44. The lowest BCUT2D eigenvalue weighted by molar-refractivity contribution is -0.000170. The van der Waals surface area contributed by atoms with Crippen molar-refractivity contribution in [1.29, 1.82) is 0 Å². The molecular formula is C25H24BrNO. The molecule has 3 heteroatoms. The van der Waals surface area contributed by atoms with Gasteiger partial charge in [-0.25, -0.2) is 0 Å². The minimum Gasteiger partial charge on any atom is -0.487 e. The van der Waals surface area contributed by atoms with Crippen LogP contribution in [-0.4, -0.2) is 24.1 Å². The van der Waals surface area contributed by atoms with Gasteiger partial charge in [-0.2, -0.15) is 0 Å². The number of likely N-dealkylation sites (tertiary alicyclic amines) is 1. The van der Waals surface area contributed by atoms with Crippen molar-refractivity contribution < 1.29 is 4.74 Å². The zero-order valence-corrected chi connectivity index (χ0v) is 17.4. The first-order valence-electron chi connectivity index (χ1n) is 10.1. The Morgan fingerprint density at radius 3 is 2.04 bits per heavy atom. The van der Waals surface area contributed by atoms with E-state index in [1.54, 1.807) is 0 Å². The molecule has 142 valence electrons. The minimum atomic E-state index is 0.265. The molecule has 5 rings (SSSR count). The highest BCUT2D eigenvalue weighted by molar-refractivity contribution is 9.10. The van der Waals surface area contributed by atoms with Crippen LogP contribution in [0.15, 0.2) is 77.3 Å². The fraction of sp³-hybridized carbons (Fsp3) is 0.280. The summed E-state index contributed by atoms with van der Waals surface area (Å²) in [6.45, 7) is 1.92. The average molecular weight is 434 g/mol. The molecule has 0 atom stereocenters. The van der Waals surface area contributed by atoms with E-state index >= 15 is 0 Å². The highest BCUT2D eigenvalue weighted by Crippen LogP contribution is 2.38. The van der Waals surface area contributed by atoms with Gasteiger partial charge >= 0.3 is 0 Å². The molecule has 0 N–H and O–H groups in total. The van der Waals surface area contributed by atoms with Gasteiger partial charge in [0.25, 0.3) is 0 Å². The second-order valence-electron chi connectivity index (χ2n) is 7.77. The Balaban J connectivity index is 1.33. The maximum absolute atomic E-state index is 6.44. The van der Waals surface area contributed by atoms with Gasteiger partial charge in [0.05, 0.1) is 6.04 Å². The van der Waals surface area contributed by atoms with Crippen molar-refractivity contribution >= 4 is 15.9 Å². The molecule has 1 fully saturated rings. The molecule has 1 heterocycles. The maximum Gasteiger partial charge on any atom is 0.124 e. The normalized spacial score (nSPS) is 16.8. The lowest BCUT2D eigenvalue weighted by atomic mass is 9.94. The topological polar surface area (TPSA) is 12.5 Å². The van der Waals surface area contributed by atoms with E-state index in [1.165, 1.54) is 33.1 Å². The summed E-state index contributed by atoms with van der Waals surface area (Å²) in [7, 11) is 0. The zero-order valence-electron chi connectivity index (χ0n) is 15.9. The Morgan fingerprint density at radius 1 is 0.786 bits per heavy atom. The number of fused-ring (bicyclic) bond motifs is 1. The summed E-state index contributed by atoms with van der Waals surface area (Å²) >= 11 is 3.70. The predicted molar refractivity (Wildman–Crippen MR) is 117 cm³/mol. The third-order valence-electron chi connectivity index (χ3n) is 5.95. The van der Waals surface area contributed by atoms with E-state index in [1.807, 2.05) is 0 Å². The molecule has 0 radical (unpaired) electrons. The molecule has 2 aliphatic rings. The summed E-state index contributed by atoms with van der Waals surface area (Å²) in [5, 5.41) is 0. The van der Waals surface area contributed by atoms with E-state index in [9.17, 15) is 0 Å². The number of nitrogens with zero attached hydrogens (tertiary/aromatic N) is 1. The van der Waals surface area contributed by atoms with Crippen LogP contribution < -0.4 is 4.74 Å². The van der Waals surface area contributed by atoms with Gasteiger partial charge in [0.2, 0.25) is 0 Å². The molecule has 0 amide bonds. The quantitative estimate of drug-likeness (QED) is 0.504. The van der Waals surface area contributed by atoms with Gasteiger partial charge in [-0.1, -0.05) is 76.6 Å². The molecule has 3 aromatic rings. The van der Waals surface area contributed by atoms with Crippen LogP contribution in [0.5, 0.6) is 5.75 Å². The monoisotopic (exact) mass is 433 g/mol. The largest absolute Gasteiger partial charge is 0.487 e. The summed E-state index contributed by atoms with van der Waals surface area (Å²) < 4.78 is 7.67. The van der Waals surface area contributed by atoms with Gasteiger partial charge in [0.1, 0.15) is 11.9 Å². The fourth-order valence-electron chi connectivity index (χ4n) is 4.56. The second-order valence-corrected chi connectivity index (χ2v) is 8.63. The molecule has 0 unspecified atom stereocenters. The molecular weight excluding hydrogens is 410 g/mol. The first-order chi connectivity index (χ1) is 13.8. The molecule has 28 heavy (non-hydrogen) atoms. The molecule has 3 aromatic carbocycles. The van der Waals surface area contributed by atoms with E-state index in [-0.39, 0.29) is 12.1 Å². The zero-order chi connectivity index (χ0) is 18.9. The highest BCUT2D eigenvalue weighted by atomic mass is 79.9. The molecule has 0 spiro atoms. The highest BCUT2D eigenvalue weighted by Gasteiger charge is 2.36. The van der Waals surface area contributed by atoms with Crippen molar-refractivity contribution in [2.75, 3.05) is 13.1 Å². The first-order valence-corrected chi connectivity index (χ1v) is 10.9. The summed E-state index contributed by atoms with van der Waals surface area (Å²) in [5.74, 6) is 1.09. The Bertz CT molecular complexity index is 912. The molecule has 0 bridgehead atoms. The van der Waals surface area contributed by atoms with Crippen molar-refractivity contribution in [3.63, 3.8) is 0 Å². The van der Waals surface area contributed by atoms with Gasteiger partial charge in [-0.15, -0.1) is 0 Å². The summed E-state index contributed by atoms with van der Waals surface area (Å²) in [6, 6.07) is 26.2. The lowest BCUT2D eigenvalue weighted by Crippen LogP contribution is -2.55. The second kappa shape index (κ2) is 7.73. The Hall–Kier alpha value is -2.10. The summed E-state index contributed by atoms with van der Waals surface area (Å²) in [6.07, 6.45) is 3.79. The Labute approximate surface area is 175 Å². The van der Waals surface area contributed by atoms with Crippen LogP contribution in [0.4, 0.5) is 0 Å². The Morgan fingerprint density at radius 2 is 1.39 bits per heavy atom. The number of halogens is 1. The third-order valence-corrected chi connectivity index (χ3v) is 6.69. The predicted octanol–water partition coefficient (Wildman–Crippen LogP) is 5.79. The van der Waals surface area contributed by atoms with Crippen LogP contribution in [0.1, 0.15) is 34.7 Å². The number of hydrogen-bond donors (Lipinski definition) is 0. The third kappa shape index (κ3) is 3.38. The van der Waals surface area contributed by atoms with E-state index in [0.717, 1.165) is 31.7 Å². The van der Waals surface area contributed by atoms with Crippen molar-refractivity contribution in [1.82, 2.24) is 4.90 Å². The standard InChI is InChI=1S/C25H24BrNO/c26-23-14-15-24(22-13-7-12-21(22)23)28-20-16-27(17-20)25(18-8-3-1-4-9-18)19-10-5-2-6-11-19/h1-6,8-11,14-15,20,25H,7,12-13,16-17H2. The van der Waals surface area contributed by atoms with Crippen LogP contribution in [0, 0.1) is 0 Å². The first kappa shape index (κ1) is 18.0. The van der Waals surface area contributed by atoms with Gasteiger partial charge < -0.3 is 4.74 Å².